The zero-order valence-corrected chi connectivity index (χ0v) is 19.1. The van der Waals surface area contributed by atoms with Gasteiger partial charge in [-0.25, -0.2) is 4.68 Å². The summed E-state index contributed by atoms with van der Waals surface area (Å²) < 4.78 is 10.1. The molecule has 33 heavy (non-hydrogen) atoms. The third kappa shape index (κ3) is 3.65. The van der Waals surface area contributed by atoms with Gasteiger partial charge in [0.25, 0.3) is 5.56 Å². The van der Waals surface area contributed by atoms with Gasteiger partial charge in [-0.3, -0.25) is 14.5 Å². The first-order chi connectivity index (χ1) is 16.2. The van der Waals surface area contributed by atoms with Gasteiger partial charge in [0, 0.05) is 18.5 Å². The highest BCUT2D eigenvalue weighted by molar-refractivity contribution is 7.17. The van der Waals surface area contributed by atoms with Crippen LogP contribution in [0.5, 0.6) is 0 Å². The van der Waals surface area contributed by atoms with Gasteiger partial charge in [-0.15, -0.1) is 11.3 Å². The lowest BCUT2D eigenvalue weighted by Gasteiger charge is -2.21. The first kappa shape index (κ1) is 20.3. The Morgan fingerprint density at radius 3 is 2.76 bits per heavy atom. The number of rotatable bonds is 4. The van der Waals surface area contributed by atoms with Crippen molar-refractivity contribution in [3.63, 3.8) is 0 Å². The first-order valence-corrected chi connectivity index (χ1v) is 12.0. The average molecular weight is 458 g/mol. The van der Waals surface area contributed by atoms with Gasteiger partial charge in [0.1, 0.15) is 5.69 Å². The van der Waals surface area contributed by atoms with Crippen molar-refractivity contribution in [2.24, 2.45) is 0 Å². The third-order valence-corrected chi connectivity index (χ3v) is 7.11. The number of pyridine rings is 1. The first-order valence-electron chi connectivity index (χ1n) is 11.1. The van der Waals surface area contributed by atoms with Crippen molar-refractivity contribution in [2.75, 3.05) is 13.2 Å². The smallest absolute Gasteiger partial charge is 0.297 e. The van der Waals surface area contributed by atoms with Crippen LogP contribution in [0.4, 0.5) is 0 Å². The van der Waals surface area contributed by atoms with Gasteiger partial charge in [-0.05, 0) is 60.0 Å². The minimum atomic E-state index is -0.132. The maximum Gasteiger partial charge on any atom is 0.297 e. The van der Waals surface area contributed by atoms with Crippen molar-refractivity contribution in [3.05, 3.63) is 75.7 Å². The lowest BCUT2D eigenvalue weighted by Crippen LogP contribution is -2.29. The summed E-state index contributed by atoms with van der Waals surface area (Å²) in [5, 5.41) is 11.5. The van der Waals surface area contributed by atoms with E-state index in [4.69, 9.17) is 14.9 Å². The summed E-state index contributed by atoms with van der Waals surface area (Å²) in [7, 11) is 0. The predicted octanol–water partition coefficient (Wildman–Crippen LogP) is 4.53. The second-order valence-corrected chi connectivity index (χ2v) is 9.41. The molecule has 1 fully saturated rings. The largest absolute Gasteiger partial charge is 0.379 e. The second-order valence-electron chi connectivity index (χ2n) is 8.49. The molecule has 1 unspecified atom stereocenters. The van der Waals surface area contributed by atoms with Crippen molar-refractivity contribution in [2.45, 2.75) is 32.4 Å². The Morgan fingerprint density at radius 2 is 1.97 bits per heavy atom. The van der Waals surface area contributed by atoms with E-state index in [1.165, 1.54) is 0 Å². The molecule has 0 radical (unpaired) electrons. The van der Waals surface area contributed by atoms with Crippen molar-refractivity contribution < 1.29 is 4.74 Å². The van der Waals surface area contributed by atoms with E-state index < -0.39 is 0 Å². The number of aryl methyl sites for hydroxylation is 1. The zero-order valence-electron chi connectivity index (χ0n) is 18.3. The number of ether oxygens (including phenoxy) is 1. The predicted molar refractivity (Wildman–Crippen MR) is 129 cm³/mol. The molecule has 0 amide bonds. The lowest BCUT2D eigenvalue weighted by atomic mass is 10.0. The summed E-state index contributed by atoms with van der Waals surface area (Å²) in [6.45, 7) is 3.85. The highest BCUT2D eigenvalue weighted by Gasteiger charge is 2.27. The topological polar surface area (TPSA) is 74.8 Å². The van der Waals surface area contributed by atoms with Gasteiger partial charge in [-0.1, -0.05) is 24.3 Å². The van der Waals surface area contributed by atoms with Crippen LogP contribution in [-0.2, 0) is 11.3 Å². The van der Waals surface area contributed by atoms with E-state index in [9.17, 15) is 4.79 Å². The molecular formula is C25H23N5O2S. The Bertz CT molecular complexity index is 1460. The molecule has 0 aliphatic carbocycles. The fourth-order valence-corrected chi connectivity index (χ4v) is 5.37. The number of aromatic nitrogens is 5. The molecule has 0 spiro atoms. The Morgan fingerprint density at radius 1 is 1.09 bits per heavy atom. The number of nitrogens with zero attached hydrogens (tertiary/aromatic N) is 5. The molecule has 5 heterocycles. The average Bonchev–Trinajstić information content (AvgIpc) is 3.46. The summed E-state index contributed by atoms with van der Waals surface area (Å²) in [5.74, 6) is 0. The van der Waals surface area contributed by atoms with E-state index in [0.29, 0.717) is 24.5 Å². The summed E-state index contributed by atoms with van der Waals surface area (Å²) in [4.78, 5) is 17.5. The van der Waals surface area contributed by atoms with Gasteiger partial charge >= 0.3 is 0 Å². The van der Waals surface area contributed by atoms with Crippen molar-refractivity contribution in [1.82, 2.24) is 24.5 Å². The monoisotopic (exact) mass is 457 g/mol. The quantitative estimate of drug-likeness (QED) is 0.396. The van der Waals surface area contributed by atoms with Crippen molar-refractivity contribution >= 4 is 21.6 Å². The number of hydrogen-bond acceptors (Lipinski definition) is 6. The van der Waals surface area contributed by atoms with E-state index in [1.54, 1.807) is 16.0 Å². The van der Waals surface area contributed by atoms with Gasteiger partial charge in [0.05, 0.1) is 29.4 Å². The Balaban J connectivity index is 1.37. The summed E-state index contributed by atoms with van der Waals surface area (Å²) in [6, 6.07) is 14.6. The highest BCUT2D eigenvalue weighted by atomic mass is 32.1. The molecule has 6 rings (SSSR count). The lowest BCUT2D eigenvalue weighted by molar-refractivity contribution is 0.0540. The molecule has 1 atom stereocenters. The molecule has 1 saturated heterocycles. The molecule has 3 aliphatic heterocycles. The molecule has 8 heteroatoms. The van der Waals surface area contributed by atoms with Gasteiger partial charge in [-0.2, -0.15) is 10.2 Å². The van der Waals surface area contributed by atoms with Gasteiger partial charge in [0.15, 0.2) is 5.69 Å². The van der Waals surface area contributed by atoms with Crippen LogP contribution in [0, 0.1) is 6.92 Å². The molecular weight excluding hydrogens is 434 g/mol. The second kappa shape index (κ2) is 8.20. The molecule has 0 saturated carbocycles. The summed E-state index contributed by atoms with van der Waals surface area (Å²) >= 11 is 1.60. The Labute approximate surface area is 194 Å². The number of fused-ring (bicyclic) bond motifs is 3. The fraction of sp³-hybridized carbons (Fsp3) is 0.280. The highest BCUT2D eigenvalue weighted by Crippen LogP contribution is 2.31. The Kier molecular flexibility index (Phi) is 5.04. The maximum absolute atomic E-state index is 13.2. The molecule has 2 aromatic heterocycles. The van der Waals surface area contributed by atoms with E-state index in [1.807, 2.05) is 35.3 Å². The normalized spacial score (nSPS) is 16.6. The summed E-state index contributed by atoms with van der Waals surface area (Å²) in [5.41, 5.74) is 6.40. The molecule has 1 aromatic carbocycles. The minimum absolute atomic E-state index is 0.0201. The zero-order chi connectivity index (χ0) is 22.4. The molecule has 0 bridgehead atoms. The van der Waals surface area contributed by atoms with Gasteiger partial charge in [0.2, 0.25) is 0 Å². The molecule has 3 aliphatic rings. The van der Waals surface area contributed by atoms with Crippen LogP contribution >= 0.6 is 11.3 Å². The van der Waals surface area contributed by atoms with Crippen molar-refractivity contribution in [3.8, 4) is 22.5 Å². The number of thiophene rings is 1. The van der Waals surface area contributed by atoms with Crippen LogP contribution in [-0.4, -0.2) is 37.8 Å². The van der Waals surface area contributed by atoms with E-state index in [2.05, 4.69) is 35.3 Å². The summed E-state index contributed by atoms with van der Waals surface area (Å²) in [6.07, 6.45) is 3.68. The van der Waals surface area contributed by atoms with Gasteiger partial charge < -0.3 is 4.74 Å². The molecule has 0 N–H and O–H groups in total. The maximum atomic E-state index is 13.2. The van der Waals surface area contributed by atoms with Crippen LogP contribution in [0.25, 0.3) is 32.7 Å². The third-order valence-electron chi connectivity index (χ3n) is 6.20. The van der Waals surface area contributed by atoms with Crippen molar-refractivity contribution in [1.29, 1.82) is 0 Å². The number of hydrogen-bond donors (Lipinski definition) is 0. The molecule has 3 aromatic rings. The number of benzene rings is 1. The molecule has 7 nitrogen and oxygen atoms in total. The van der Waals surface area contributed by atoms with Crippen LogP contribution in [0.3, 0.4) is 0 Å². The standard InChI is InChI=1S/C25H23N5O2S/c1-16-13-19(8-10-26-16)18-6-4-17(5-7-18)14-29-21-9-12-33-24(21)22-23(27-29)25(31)30(28-22)20-3-2-11-32-15-20/h4-10,12-13,20H,2-3,11,14-15H2,1H3. The molecule has 166 valence electrons. The van der Waals surface area contributed by atoms with E-state index in [-0.39, 0.29) is 11.6 Å². The van der Waals surface area contributed by atoms with E-state index >= 15 is 0 Å². The van der Waals surface area contributed by atoms with Crippen LogP contribution in [0.15, 0.2) is 58.8 Å². The van der Waals surface area contributed by atoms with Crippen LogP contribution in [0.2, 0.25) is 0 Å². The Hall–Kier alpha value is -3.36. The van der Waals surface area contributed by atoms with Crippen LogP contribution in [0.1, 0.15) is 30.1 Å². The SMILES string of the molecule is Cc1cc(-c2ccc(Cn3nc4c(=O)n(C5CCCOC5)nc-4c4sccc43)cc2)ccn1. The van der Waals surface area contributed by atoms with E-state index in [0.717, 1.165) is 52.0 Å². The van der Waals surface area contributed by atoms with Crippen LogP contribution < -0.4 is 5.56 Å². The minimum Gasteiger partial charge on any atom is -0.379 e. The fourth-order valence-electron chi connectivity index (χ4n) is 4.50.